The van der Waals surface area contributed by atoms with Crippen LogP contribution >= 0.6 is 11.3 Å². The third kappa shape index (κ3) is 4.40. The number of hydrogen-bond acceptors (Lipinski definition) is 4. The minimum absolute atomic E-state index is 0.187. The Morgan fingerprint density at radius 1 is 1.17 bits per heavy atom. The summed E-state index contributed by atoms with van der Waals surface area (Å²) in [5.41, 5.74) is 0.914. The predicted octanol–water partition coefficient (Wildman–Crippen LogP) is 1.92. The van der Waals surface area contributed by atoms with Crippen molar-refractivity contribution in [1.29, 1.82) is 0 Å². The third-order valence-electron chi connectivity index (χ3n) is 3.58. The van der Waals surface area contributed by atoms with Crippen molar-refractivity contribution in [2.75, 3.05) is 0 Å². The summed E-state index contributed by atoms with van der Waals surface area (Å²) in [5, 5.41) is 4.58. The maximum absolute atomic E-state index is 12.4. The Bertz CT molecular complexity index is 754. The molecule has 1 heterocycles. The van der Waals surface area contributed by atoms with Gasteiger partial charge in [0, 0.05) is 6.04 Å². The van der Waals surface area contributed by atoms with Crippen LogP contribution in [-0.2, 0) is 21.2 Å². The smallest absolute Gasteiger partial charge is 0.250 e. The van der Waals surface area contributed by atoms with Crippen LogP contribution < -0.4 is 10.0 Å². The molecule has 2 aromatic rings. The molecule has 1 aliphatic carbocycles. The van der Waals surface area contributed by atoms with Crippen molar-refractivity contribution in [3.63, 3.8) is 0 Å². The Balaban J connectivity index is 1.78. The maximum atomic E-state index is 12.4. The lowest BCUT2D eigenvalue weighted by Gasteiger charge is -2.18. The van der Waals surface area contributed by atoms with Crippen molar-refractivity contribution in [2.45, 2.75) is 35.6 Å². The number of thiophene rings is 1. The SMILES string of the molecule is O=C(NC1CC1)C(Cc1ccccc1)NS(=O)(=O)c1cccs1. The summed E-state index contributed by atoms with van der Waals surface area (Å²) in [6.07, 6.45) is 2.24. The first-order valence-electron chi connectivity index (χ1n) is 7.45. The van der Waals surface area contributed by atoms with Gasteiger partial charge in [0.2, 0.25) is 5.91 Å². The standard InChI is InChI=1S/C16H18N2O3S2/c19-16(17-13-8-9-13)14(11-12-5-2-1-3-6-12)18-23(20,21)15-7-4-10-22-15/h1-7,10,13-14,18H,8-9,11H2,(H,17,19). The van der Waals surface area contributed by atoms with Crippen LogP contribution in [-0.4, -0.2) is 26.4 Å². The molecule has 7 heteroatoms. The zero-order chi connectivity index (χ0) is 16.3. The molecule has 1 atom stereocenters. The third-order valence-corrected chi connectivity index (χ3v) is 6.45. The van der Waals surface area contributed by atoms with Gasteiger partial charge >= 0.3 is 0 Å². The van der Waals surface area contributed by atoms with E-state index in [0.717, 1.165) is 29.7 Å². The second kappa shape index (κ2) is 6.82. The van der Waals surface area contributed by atoms with Crippen molar-refractivity contribution in [2.24, 2.45) is 0 Å². The lowest BCUT2D eigenvalue weighted by atomic mass is 10.1. The molecular weight excluding hydrogens is 332 g/mol. The molecular formula is C16H18N2O3S2. The van der Waals surface area contributed by atoms with Crippen LogP contribution in [0.15, 0.2) is 52.1 Å². The van der Waals surface area contributed by atoms with Gasteiger partial charge in [0.25, 0.3) is 10.0 Å². The highest BCUT2D eigenvalue weighted by atomic mass is 32.2. The molecule has 0 radical (unpaired) electrons. The van der Waals surface area contributed by atoms with Crippen LogP contribution in [0.25, 0.3) is 0 Å². The Hall–Kier alpha value is -1.70. The van der Waals surface area contributed by atoms with Crippen molar-refractivity contribution in [1.82, 2.24) is 10.0 Å². The molecule has 122 valence electrons. The zero-order valence-corrected chi connectivity index (χ0v) is 14.1. The lowest BCUT2D eigenvalue weighted by molar-refractivity contribution is -0.122. The highest BCUT2D eigenvalue weighted by Crippen LogP contribution is 2.20. The average molecular weight is 350 g/mol. The number of nitrogens with one attached hydrogen (secondary N) is 2. The highest BCUT2D eigenvalue weighted by Gasteiger charge is 2.30. The van der Waals surface area contributed by atoms with Gasteiger partial charge in [0.15, 0.2) is 0 Å². The van der Waals surface area contributed by atoms with E-state index in [1.54, 1.807) is 11.4 Å². The summed E-state index contributed by atoms with van der Waals surface area (Å²) >= 11 is 1.13. The number of benzene rings is 1. The van der Waals surface area contributed by atoms with E-state index >= 15 is 0 Å². The van der Waals surface area contributed by atoms with E-state index in [9.17, 15) is 13.2 Å². The summed E-state index contributed by atoms with van der Waals surface area (Å²) in [6.45, 7) is 0. The molecule has 1 aromatic heterocycles. The van der Waals surface area contributed by atoms with E-state index in [-0.39, 0.29) is 16.2 Å². The molecule has 5 nitrogen and oxygen atoms in total. The minimum Gasteiger partial charge on any atom is -0.352 e. The van der Waals surface area contributed by atoms with Gasteiger partial charge in [-0.05, 0) is 36.3 Å². The number of hydrogen-bond donors (Lipinski definition) is 2. The van der Waals surface area contributed by atoms with Crippen molar-refractivity contribution in [3.8, 4) is 0 Å². The predicted molar refractivity (Wildman–Crippen MR) is 89.7 cm³/mol. The molecule has 1 amide bonds. The largest absolute Gasteiger partial charge is 0.352 e. The molecule has 0 spiro atoms. The monoisotopic (exact) mass is 350 g/mol. The normalized spacial score (nSPS) is 16.0. The van der Waals surface area contributed by atoms with Crippen molar-refractivity contribution in [3.05, 3.63) is 53.4 Å². The van der Waals surface area contributed by atoms with E-state index in [0.29, 0.717) is 6.42 Å². The second-order valence-corrected chi connectivity index (χ2v) is 8.47. The summed E-state index contributed by atoms with van der Waals surface area (Å²) in [5.74, 6) is -0.267. The average Bonchev–Trinajstić information content (AvgIpc) is 3.16. The molecule has 1 unspecified atom stereocenters. The van der Waals surface area contributed by atoms with Gasteiger partial charge in [-0.1, -0.05) is 36.4 Å². The number of sulfonamides is 1. The lowest BCUT2D eigenvalue weighted by Crippen LogP contribution is -2.48. The van der Waals surface area contributed by atoms with Gasteiger partial charge in [0.05, 0.1) is 0 Å². The second-order valence-electron chi connectivity index (χ2n) is 5.58. The Kier molecular flexibility index (Phi) is 4.79. The highest BCUT2D eigenvalue weighted by molar-refractivity contribution is 7.91. The van der Waals surface area contributed by atoms with Crippen LogP contribution in [0, 0.1) is 0 Å². The first kappa shape index (κ1) is 16.2. The molecule has 1 saturated carbocycles. The van der Waals surface area contributed by atoms with E-state index in [1.165, 1.54) is 6.07 Å². The molecule has 0 bridgehead atoms. The Morgan fingerprint density at radius 3 is 2.52 bits per heavy atom. The Labute approximate surface area is 139 Å². The summed E-state index contributed by atoms with van der Waals surface area (Å²) in [7, 11) is -3.69. The topological polar surface area (TPSA) is 75.3 Å². The van der Waals surface area contributed by atoms with Crippen LogP contribution in [0.5, 0.6) is 0 Å². The summed E-state index contributed by atoms with van der Waals surface area (Å²) in [6, 6.07) is 12.0. The fraction of sp³-hybridized carbons (Fsp3) is 0.312. The minimum atomic E-state index is -3.69. The van der Waals surface area contributed by atoms with Crippen LogP contribution in [0.3, 0.4) is 0 Å². The van der Waals surface area contributed by atoms with Gasteiger partial charge in [-0.2, -0.15) is 4.72 Å². The molecule has 23 heavy (non-hydrogen) atoms. The molecule has 2 N–H and O–H groups in total. The van der Waals surface area contributed by atoms with Gasteiger partial charge in [-0.3, -0.25) is 4.79 Å². The number of carbonyl (C=O) groups excluding carboxylic acids is 1. The first-order valence-corrected chi connectivity index (χ1v) is 9.81. The first-order chi connectivity index (χ1) is 11.0. The number of carbonyl (C=O) groups is 1. The Morgan fingerprint density at radius 2 is 1.91 bits per heavy atom. The molecule has 1 aromatic carbocycles. The molecule has 0 aliphatic heterocycles. The van der Waals surface area contributed by atoms with E-state index in [2.05, 4.69) is 10.0 Å². The van der Waals surface area contributed by atoms with E-state index in [1.807, 2.05) is 30.3 Å². The molecule has 3 rings (SSSR count). The summed E-state index contributed by atoms with van der Waals surface area (Å²) < 4.78 is 27.6. The van der Waals surface area contributed by atoms with Gasteiger partial charge in [-0.25, -0.2) is 8.42 Å². The molecule has 1 aliphatic rings. The van der Waals surface area contributed by atoms with Crippen LogP contribution in [0.1, 0.15) is 18.4 Å². The van der Waals surface area contributed by atoms with Crippen LogP contribution in [0.2, 0.25) is 0 Å². The van der Waals surface area contributed by atoms with Crippen LogP contribution in [0.4, 0.5) is 0 Å². The fourth-order valence-corrected chi connectivity index (χ4v) is 4.43. The molecule has 0 saturated heterocycles. The van der Waals surface area contributed by atoms with Crippen molar-refractivity contribution >= 4 is 27.3 Å². The quantitative estimate of drug-likeness (QED) is 0.801. The molecule has 1 fully saturated rings. The van der Waals surface area contributed by atoms with Crippen molar-refractivity contribution < 1.29 is 13.2 Å². The number of amides is 1. The maximum Gasteiger partial charge on any atom is 0.250 e. The van der Waals surface area contributed by atoms with Gasteiger partial charge in [-0.15, -0.1) is 11.3 Å². The zero-order valence-electron chi connectivity index (χ0n) is 12.4. The van der Waals surface area contributed by atoms with Gasteiger partial charge < -0.3 is 5.32 Å². The van der Waals surface area contributed by atoms with E-state index < -0.39 is 16.1 Å². The fourth-order valence-electron chi connectivity index (χ4n) is 2.23. The number of rotatable bonds is 7. The van der Waals surface area contributed by atoms with Gasteiger partial charge in [0.1, 0.15) is 10.3 Å². The summed E-state index contributed by atoms with van der Waals surface area (Å²) in [4.78, 5) is 12.4. The van der Waals surface area contributed by atoms with E-state index in [4.69, 9.17) is 0 Å².